The Morgan fingerprint density at radius 2 is 2.37 bits per heavy atom. The second-order valence-electron chi connectivity index (χ2n) is 4.76. The Bertz CT molecular complexity index is 588. The summed E-state index contributed by atoms with van der Waals surface area (Å²) in [6.45, 7) is 1.00. The summed E-state index contributed by atoms with van der Waals surface area (Å²) in [5.41, 5.74) is 0.817. The van der Waals surface area contributed by atoms with Gasteiger partial charge >= 0.3 is 0 Å². The van der Waals surface area contributed by atoms with Crippen LogP contribution in [0.15, 0.2) is 36.7 Å². The first-order valence-corrected chi connectivity index (χ1v) is 7.67. The number of carbonyl (C=O) groups is 1. The lowest BCUT2D eigenvalue weighted by Gasteiger charge is -2.22. The number of thioether (sulfide) groups is 1. The predicted molar refractivity (Wildman–Crippen MR) is 79.8 cm³/mol. The average Bonchev–Trinajstić information content (AvgIpc) is 2.47. The van der Waals surface area contributed by atoms with E-state index in [9.17, 15) is 4.79 Å². The quantitative estimate of drug-likeness (QED) is 0.872. The summed E-state index contributed by atoms with van der Waals surface area (Å²) in [6.07, 6.45) is 4.13. The minimum Gasteiger partial charge on any atom is -0.312 e. The molecule has 1 N–H and O–H groups in total. The number of carbonyl (C=O) groups excluding carboxylic acids is 1. The molecule has 1 aliphatic rings. The van der Waals surface area contributed by atoms with Gasteiger partial charge < -0.3 is 5.32 Å². The van der Waals surface area contributed by atoms with Gasteiger partial charge in [-0.25, -0.2) is 0 Å². The molecule has 3 nitrogen and oxygen atoms in total. The van der Waals surface area contributed by atoms with Crippen LogP contribution < -0.4 is 5.32 Å². The molecule has 1 fully saturated rings. The largest absolute Gasteiger partial charge is 0.312 e. The molecule has 19 heavy (non-hydrogen) atoms. The molecule has 1 aromatic heterocycles. The van der Waals surface area contributed by atoms with Crippen LogP contribution in [0.3, 0.4) is 0 Å². The summed E-state index contributed by atoms with van der Waals surface area (Å²) < 4.78 is 0. The van der Waals surface area contributed by atoms with Crippen molar-refractivity contribution in [1.29, 1.82) is 0 Å². The van der Waals surface area contributed by atoms with E-state index in [1.807, 2.05) is 36.0 Å². The number of Topliss-reactive ketones (excluding diaryl/α,β-unsaturated/α-hetero) is 1. The SMILES string of the molecule is O=C(CC1CSCCN1)c1cccc2cnccc12. The number of rotatable bonds is 3. The Hall–Kier alpha value is -1.39. The minimum absolute atomic E-state index is 0.219. The van der Waals surface area contributed by atoms with Crippen molar-refractivity contribution >= 4 is 28.3 Å². The van der Waals surface area contributed by atoms with Gasteiger partial charge in [-0.3, -0.25) is 9.78 Å². The lowest BCUT2D eigenvalue weighted by Crippen LogP contribution is -2.38. The van der Waals surface area contributed by atoms with E-state index in [1.165, 1.54) is 0 Å². The van der Waals surface area contributed by atoms with Gasteiger partial charge in [0.25, 0.3) is 0 Å². The molecule has 1 aromatic carbocycles. The van der Waals surface area contributed by atoms with Crippen LogP contribution in [0.1, 0.15) is 16.8 Å². The van der Waals surface area contributed by atoms with Crippen LogP contribution in [0, 0.1) is 0 Å². The number of hydrogen-bond donors (Lipinski definition) is 1. The lowest BCUT2D eigenvalue weighted by atomic mass is 9.99. The predicted octanol–water partition coefficient (Wildman–Crippen LogP) is 2.51. The van der Waals surface area contributed by atoms with Crippen molar-refractivity contribution in [2.45, 2.75) is 12.5 Å². The summed E-state index contributed by atoms with van der Waals surface area (Å²) in [6, 6.07) is 8.07. The molecule has 1 saturated heterocycles. The molecule has 4 heteroatoms. The van der Waals surface area contributed by atoms with Gasteiger partial charge in [-0.05, 0) is 11.5 Å². The third-order valence-electron chi connectivity index (χ3n) is 3.41. The first-order valence-electron chi connectivity index (χ1n) is 6.51. The normalized spacial score (nSPS) is 19.5. The molecule has 0 saturated carbocycles. The first kappa shape index (κ1) is 12.6. The second-order valence-corrected chi connectivity index (χ2v) is 5.91. The number of aromatic nitrogens is 1. The molecular formula is C15H16N2OS. The van der Waals surface area contributed by atoms with Gasteiger partial charge in [0.2, 0.25) is 0 Å². The summed E-state index contributed by atoms with van der Waals surface area (Å²) in [5.74, 6) is 2.39. The van der Waals surface area contributed by atoms with E-state index in [1.54, 1.807) is 12.4 Å². The van der Waals surface area contributed by atoms with Crippen LogP contribution in [0.2, 0.25) is 0 Å². The molecular weight excluding hydrogens is 256 g/mol. The van der Waals surface area contributed by atoms with Crippen molar-refractivity contribution < 1.29 is 4.79 Å². The molecule has 2 aromatic rings. The van der Waals surface area contributed by atoms with Crippen LogP contribution >= 0.6 is 11.8 Å². The molecule has 0 spiro atoms. The number of pyridine rings is 1. The fraction of sp³-hybridized carbons (Fsp3) is 0.333. The summed E-state index contributed by atoms with van der Waals surface area (Å²) >= 11 is 1.92. The van der Waals surface area contributed by atoms with Crippen molar-refractivity contribution in [3.63, 3.8) is 0 Å². The van der Waals surface area contributed by atoms with Crippen LogP contribution in [0.25, 0.3) is 10.8 Å². The van der Waals surface area contributed by atoms with Crippen molar-refractivity contribution in [3.05, 3.63) is 42.2 Å². The third kappa shape index (κ3) is 2.80. The molecule has 2 heterocycles. The molecule has 0 aliphatic carbocycles. The van der Waals surface area contributed by atoms with E-state index in [0.717, 1.165) is 34.4 Å². The number of ketones is 1. The zero-order valence-corrected chi connectivity index (χ0v) is 11.5. The first-order chi connectivity index (χ1) is 9.34. The van der Waals surface area contributed by atoms with Crippen LogP contribution in [-0.4, -0.2) is 34.9 Å². The Morgan fingerprint density at radius 1 is 1.42 bits per heavy atom. The van der Waals surface area contributed by atoms with Gasteiger partial charge in [-0.2, -0.15) is 11.8 Å². The maximum Gasteiger partial charge on any atom is 0.165 e. The van der Waals surface area contributed by atoms with Gasteiger partial charge in [0.05, 0.1) is 0 Å². The highest BCUT2D eigenvalue weighted by atomic mass is 32.2. The van der Waals surface area contributed by atoms with E-state index in [-0.39, 0.29) is 5.78 Å². The highest BCUT2D eigenvalue weighted by Crippen LogP contribution is 2.20. The Morgan fingerprint density at radius 3 is 3.21 bits per heavy atom. The monoisotopic (exact) mass is 272 g/mol. The van der Waals surface area contributed by atoms with E-state index < -0.39 is 0 Å². The highest BCUT2D eigenvalue weighted by Gasteiger charge is 2.18. The Kier molecular flexibility index (Phi) is 3.80. The minimum atomic E-state index is 0.219. The van der Waals surface area contributed by atoms with Gasteiger partial charge in [0, 0.05) is 53.9 Å². The van der Waals surface area contributed by atoms with Crippen molar-refractivity contribution in [1.82, 2.24) is 10.3 Å². The molecule has 1 unspecified atom stereocenters. The lowest BCUT2D eigenvalue weighted by molar-refractivity contribution is 0.0973. The smallest absolute Gasteiger partial charge is 0.165 e. The number of nitrogens with zero attached hydrogens (tertiary/aromatic N) is 1. The maximum atomic E-state index is 12.5. The van der Waals surface area contributed by atoms with Crippen LogP contribution in [-0.2, 0) is 0 Å². The van der Waals surface area contributed by atoms with Crippen molar-refractivity contribution in [3.8, 4) is 0 Å². The molecule has 0 amide bonds. The van der Waals surface area contributed by atoms with Crippen LogP contribution in [0.5, 0.6) is 0 Å². The number of nitrogens with one attached hydrogen (secondary N) is 1. The third-order valence-corrected chi connectivity index (χ3v) is 4.54. The Labute approximate surface area is 116 Å². The molecule has 3 rings (SSSR count). The zero-order valence-electron chi connectivity index (χ0n) is 10.6. The maximum absolute atomic E-state index is 12.5. The van der Waals surface area contributed by atoms with Crippen molar-refractivity contribution in [2.24, 2.45) is 0 Å². The van der Waals surface area contributed by atoms with Crippen LogP contribution in [0.4, 0.5) is 0 Å². The average molecular weight is 272 g/mol. The number of benzene rings is 1. The molecule has 0 bridgehead atoms. The highest BCUT2D eigenvalue weighted by molar-refractivity contribution is 7.99. The second kappa shape index (κ2) is 5.72. The summed E-state index contributed by atoms with van der Waals surface area (Å²) in [4.78, 5) is 16.6. The standard InChI is InChI=1S/C15H16N2OS/c18-15(8-12-10-19-7-6-17-12)14-3-1-2-11-9-16-5-4-13(11)14/h1-5,9,12,17H,6-8,10H2. The number of fused-ring (bicyclic) bond motifs is 1. The topological polar surface area (TPSA) is 42.0 Å². The zero-order chi connectivity index (χ0) is 13.1. The number of hydrogen-bond acceptors (Lipinski definition) is 4. The molecule has 1 aliphatic heterocycles. The van der Waals surface area contributed by atoms with E-state index in [2.05, 4.69) is 10.3 Å². The van der Waals surface area contributed by atoms with Crippen molar-refractivity contribution in [2.75, 3.05) is 18.1 Å². The van der Waals surface area contributed by atoms with E-state index >= 15 is 0 Å². The molecule has 1 atom stereocenters. The van der Waals surface area contributed by atoms with E-state index in [4.69, 9.17) is 0 Å². The van der Waals surface area contributed by atoms with Gasteiger partial charge in [-0.15, -0.1) is 0 Å². The van der Waals surface area contributed by atoms with Gasteiger partial charge in [0.1, 0.15) is 0 Å². The fourth-order valence-electron chi connectivity index (χ4n) is 2.45. The fourth-order valence-corrected chi connectivity index (χ4v) is 3.40. The molecule has 0 radical (unpaired) electrons. The van der Waals surface area contributed by atoms with Gasteiger partial charge in [0.15, 0.2) is 5.78 Å². The molecule has 98 valence electrons. The van der Waals surface area contributed by atoms with Gasteiger partial charge in [-0.1, -0.05) is 18.2 Å². The Balaban J connectivity index is 1.85. The summed E-state index contributed by atoms with van der Waals surface area (Å²) in [5, 5.41) is 5.45. The van der Waals surface area contributed by atoms with E-state index in [0.29, 0.717) is 12.5 Å². The summed E-state index contributed by atoms with van der Waals surface area (Å²) in [7, 11) is 0.